The van der Waals surface area contributed by atoms with Crippen LogP contribution in [-0.2, 0) is 0 Å². The summed E-state index contributed by atoms with van der Waals surface area (Å²) in [5.74, 6) is 0. The van der Waals surface area contributed by atoms with Gasteiger partial charge in [-0.15, -0.1) is 0 Å². The van der Waals surface area contributed by atoms with Gasteiger partial charge in [0.25, 0.3) is 0 Å². The highest BCUT2D eigenvalue weighted by Crippen LogP contribution is 2.48. The molecule has 1 heteroatoms. The van der Waals surface area contributed by atoms with E-state index < -0.39 is 0 Å². The summed E-state index contributed by atoms with van der Waals surface area (Å²) < 4.78 is 0. The quantitative estimate of drug-likeness (QED) is 0.744. The monoisotopic (exact) mass is 209 g/mol. The van der Waals surface area contributed by atoms with E-state index >= 15 is 0 Å². The van der Waals surface area contributed by atoms with E-state index in [1.165, 1.54) is 57.8 Å². The molecule has 2 rings (SSSR count). The molecular formula is C14H27N. The van der Waals surface area contributed by atoms with Gasteiger partial charge >= 0.3 is 0 Å². The summed E-state index contributed by atoms with van der Waals surface area (Å²) in [5.41, 5.74) is 0.641. The Morgan fingerprint density at radius 2 is 1.53 bits per heavy atom. The van der Waals surface area contributed by atoms with Crippen LogP contribution in [0, 0.1) is 5.41 Å². The maximum absolute atomic E-state index is 3.89. The van der Waals surface area contributed by atoms with E-state index in [0.29, 0.717) is 5.41 Å². The fraction of sp³-hybridized carbons (Fsp3) is 1.00. The first-order chi connectivity index (χ1) is 7.21. The molecular weight excluding hydrogens is 182 g/mol. The molecule has 0 aliphatic heterocycles. The van der Waals surface area contributed by atoms with Gasteiger partial charge in [0.1, 0.15) is 0 Å². The Balaban J connectivity index is 1.76. The van der Waals surface area contributed by atoms with Crippen molar-refractivity contribution in [2.24, 2.45) is 5.41 Å². The summed E-state index contributed by atoms with van der Waals surface area (Å²) in [6.07, 6.45) is 13.0. The van der Waals surface area contributed by atoms with Crippen LogP contribution in [0.25, 0.3) is 0 Å². The summed E-state index contributed by atoms with van der Waals surface area (Å²) >= 11 is 0. The predicted molar refractivity (Wildman–Crippen MR) is 66.0 cm³/mol. The molecule has 2 fully saturated rings. The van der Waals surface area contributed by atoms with Crippen molar-refractivity contribution >= 4 is 0 Å². The highest BCUT2D eigenvalue weighted by atomic mass is 15.0. The molecule has 0 aromatic rings. The summed E-state index contributed by atoms with van der Waals surface area (Å²) in [6.45, 7) is 4.83. The van der Waals surface area contributed by atoms with Crippen molar-refractivity contribution in [1.29, 1.82) is 0 Å². The Morgan fingerprint density at radius 1 is 1.00 bits per heavy atom. The molecule has 1 nitrogen and oxygen atoms in total. The van der Waals surface area contributed by atoms with Crippen LogP contribution in [0.15, 0.2) is 0 Å². The molecule has 1 N–H and O–H groups in total. The Kier molecular flexibility index (Phi) is 3.71. The van der Waals surface area contributed by atoms with Gasteiger partial charge in [-0.3, -0.25) is 0 Å². The second-order valence-electron chi connectivity index (χ2n) is 6.08. The lowest BCUT2D eigenvalue weighted by molar-refractivity contribution is 0.300. The smallest absolute Gasteiger partial charge is 0.00951 e. The average Bonchev–Trinajstić information content (AvgIpc) is 2.89. The van der Waals surface area contributed by atoms with Crippen LogP contribution in [0.1, 0.15) is 71.6 Å². The second kappa shape index (κ2) is 4.86. The molecule has 2 aliphatic carbocycles. The third kappa shape index (κ3) is 3.21. The number of nitrogens with one attached hydrogen (secondary N) is 1. The van der Waals surface area contributed by atoms with Gasteiger partial charge < -0.3 is 5.32 Å². The number of hydrogen-bond donors (Lipinski definition) is 1. The maximum Gasteiger partial charge on any atom is 0.00951 e. The molecule has 0 bridgehead atoms. The third-order valence-corrected chi connectivity index (χ3v) is 4.67. The molecule has 0 saturated heterocycles. The topological polar surface area (TPSA) is 12.0 Å². The molecule has 1 atom stereocenters. The zero-order valence-electron chi connectivity index (χ0n) is 10.5. The van der Waals surface area contributed by atoms with Crippen LogP contribution >= 0.6 is 0 Å². The lowest BCUT2D eigenvalue weighted by Crippen LogP contribution is -2.41. The molecule has 0 amide bonds. The Morgan fingerprint density at radius 3 is 2.07 bits per heavy atom. The molecule has 15 heavy (non-hydrogen) atoms. The zero-order chi connectivity index (χ0) is 10.7. The third-order valence-electron chi connectivity index (χ3n) is 4.67. The zero-order valence-corrected chi connectivity index (χ0v) is 10.5. The van der Waals surface area contributed by atoms with E-state index in [9.17, 15) is 0 Å². The fourth-order valence-corrected chi connectivity index (χ4v) is 2.81. The second-order valence-corrected chi connectivity index (χ2v) is 6.08. The van der Waals surface area contributed by atoms with Crippen LogP contribution < -0.4 is 5.32 Å². The van der Waals surface area contributed by atoms with Crippen LogP contribution in [0.5, 0.6) is 0 Å². The van der Waals surface area contributed by atoms with Gasteiger partial charge in [-0.2, -0.15) is 0 Å². The molecule has 0 radical (unpaired) electrons. The van der Waals surface area contributed by atoms with E-state index in [4.69, 9.17) is 0 Å². The number of rotatable bonds is 3. The molecule has 0 aromatic carbocycles. The van der Waals surface area contributed by atoms with Gasteiger partial charge in [-0.05, 0) is 38.0 Å². The van der Waals surface area contributed by atoms with Gasteiger partial charge in [0.15, 0.2) is 0 Å². The first-order valence-corrected chi connectivity index (χ1v) is 6.97. The molecule has 0 spiro atoms. The van der Waals surface area contributed by atoms with E-state index in [0.717, 1.165) is 12.1 Å². The van der Waals surface area contributed by atoms with Crippen molar-refractivity contribution in [2.75, 3.05) is 0 Å². The molecule has 1 unspecified atom stereocenters. The van der Waals surface area contributed by atoms with E-state index in [1.807, 2.05) is 0 Å². The average molecular weight is 209 g/mol. The van der Waals surface area contributed by atoms with Crippen LogP contribution in [-0.4, -0.2) is 12.1 Å². The molecule has 0 aromatic heterocycles. The Labute approximate surface area is 95.0 Å². The van der Waals surface area contributed by atoms with Gasteiger partial charge in [-0.1, -0.05) is 39.0 Å². The first kappa shape index (κ1) is 11.4. The first-order valence-electron chi connectivity index (χ1n) is 6.97. The van der Waals surface area contributed by atoms with E-state index in [2.05, 4.69) is 19.2 Å². The highest BCUT2D eigenvalue weighted by Gasteiger charge is 2.42. The summed E-state index contributed by atoms with van der Waals surface area (Å²) in [6, 6.07) is 1.56. The van der Waals surface area contributed by atoms with Crippen molar-refractivity contribution in [3.8, 4) is 0 Å². The molecule has 2 saturated carbocycles. The minimum absolute atomic E-state index is 0.641. The van der Waals surface area contributed by atoms with Crippen molar-refractivity contribution in [3.05, 3.63) is 0 Å². The molecule has 0 heterocycles. The lowest BCUT2D eigenvalue weighted by atomic mass is 9.93. The van der Waals surface area contributed by atoms with Crippen molar-refractivity contribution < 1.29 is 0 Å². The number of hydrogen-bond acceptors (Lipinski definition) is 1. The lowest BCUT2D eigenvalue weighted by Gasteiger charge is -2.28. The maximum atomic E-state index is 3.89. The summed E-state index contributed by atoms with van der Waals surface area (Å²) in [5, 5.41) is 3.89. The Hall–Kier alpha value is -0.0400. The largest absolute Gasteiger partial charge is 0.311 e. The van der Waals surface area contributed by atoms with Crippen LogP contribution in [0.4, 0.5) is 0 Å². The summed E-state index contributed by atoms with van der Waals surface area (Å²) in [4.78, 5) is 0. The standard InChI is InChI=1S/C14H27N/c1-12(14(2)10-11-14)15-13-8-6-4-3-5-7-9-13/h12-13,15H,3-11H2,1-2H3. The van der Waals surface area contributed by atoms with Crippen molar-refractivity contribution in [2.45, 2.75) is 83.7 Å². The highest BCUT2D eigenvalue weighted by molar-refractivity contribution is 4.97. The van der Waals surface area contributed by atoms with Crippen molar-refractivity contribution in [3.63, 3.8) is 0 Å². The van der Waals surface area contributed by atoms with Gasteiger partial charge in [0.05, 0.1) is 0 Å². The fourth-order valence-electron chi connectivity index (χ4n) is 2.81. The molecule has 2 aliphatic rings. The van der Waals surface area contributed by atoms with Gasteiger partial charge in [0, 0.05) is 12.1 Å². The SMILES string of the molecule is CC(NC1CCCCCCC1)C1(C)CC1. The van der Waals surface area contributed by atoms with E-state index in [-0.39, 0.29) is 0 Å². The summed E-state index contributed by atoms with van der Waals surface area (Å²) in [7, 11) is 0. The van der Waals surface area contributed by atoms with Crippen LogP contribution in [0.2, 0.25) is 0 Å². The van der Waals surface area contributed by atoms with Gasteiger partial charge in [0.2, 0.25) is 0 Å². The minimum atomic E-state index is 0.641. The van der Waals surface area contributed by atoms with E-state index in [1.54, 1.807) is 0 Å². The van der Waals surface area contributed by atoms with Crippen LogP contribution in [0.3, 0.4) is 0 Å². The minimum Gasteiger partial charge on any atom is -0.311 e. The Bertz CT molecular complexity index is 188. The van der Waals surface area contributed by atoms with Crippen molar-refractivity contribution in [1.82, 2.24) is 5.32 Å². The predicted octanol–water partition coefficient (Wildman–Crippen LogP) is 3.88. The molecule has 88 valence electrons. The van der Waals surface area contributed by atoms with Gasteiger partial charge in [-0.25, -0.2) is 0 Å². The normalized spacial score (nSPS) is 29.2.